The smallest absolute Gasteiger partial charge is 0.126 e. The fourth-order valence-corrected chi connectivity index (χ4v) is 1.41. The number of aliphatic hydroxyl groups is 1. The van der Waals surface area contributed by atoms with Crippen molar-refractivity contribution in [3.63, 3.8) is 0 Å². The van der Waals surface area contributed by atoms with Crippen molar-refractivity contribution in [1.82, 2.24) is 0 Å². The minimum absolute atomic E-state index is 0.348. The van der Waals surface area contributed by atoms with Gasteiger partial charge >= 0.3 is 0 Å². The van der Waals surface area contributed by atoms with E-state index in [1.54, 1.807) is 19.1 Å². The fourth-order valence-electron chi connectivity index (χ4n) is 1.41. The highest BCUT2D eigenvalue weighted by Gasteiger charge is 2.19. The molecular weight excluding hydrogens is 193 g/mol. The Balaban J connectivity index is 2.97. The molecule has 0 heterocycles. The number of aryl methyl sites for hydroxylation is 1. The zero-order valence-corrected chi connectivity index (χ0v) is 8.87. The van der Waals surface area contributed by atoms with E-state index in [4.69, 9.17) is 5.26 Å². The standard InChI is InChI=1S/C12H14FNO/c1-3-9(7-14)12(15)10-5-4-8(2)11(13)6-10/h4-6,9,12,15H,3H2,1-2H3. The number of hydrogen-bond acceptors (Lipinski definition) is 2. The van der Waals surface area contributed by atoms with Crippen LogP contribution < -0.4 is 0 Å². The molecule has 0 radical (unpaired) electrons. The van der Waals surface area contributed by atoms with E-state index in [1.165, 1.54) is 6.07 Å². The average molecular weight is 207 g/mol. The molecule has 0 bridgehead atoms. The first kappa shape index (κ1) is 11.7. The molecule has 1 rings (SSSR count). The third-order valence-electron chi connectivity index (χ3n) is 2.52. The van der Waals surface area contributed by atoms with Gasteiger partial charge in [0.25, 0.3) is 0 Å². The van der Waals surface area contributed by atoms with Gasteiger partial charge in [0.15, 0.2) is 0 Å². The third-order valence-corrected chi connectivity index (χ3v) is 2.52. The molecule has 0 aliphatic heterocycles. The van der Waals surface area contributed by atoms with Crippen LogP contribution in [0.2, 0.25) is 0 Å². The van der Waals surface area contributed by atoms with Crippen molar-refractivity contribution in [1.29, 1.82) is 5.26 Å². The third kappa shape index (κ3) is 2.54. The van der Waals surface area contributed by atoms with Crippen molar-refractivity contribution in [3.05, 3.63) is 35.1 Å². The van der Waals surface area contributed by atoms with E-state index in [1.807, 2.05) is 13.0 Å². The Hall–Kier alpha value is -1.40. The van der Waals surface area contributed by atoms with Crippen LogP contribution >= 0.6 is 0 Å². The molecule has 2 atom stereocenters. The molecule has 0 aliphatic carbocycles. The van der Waals surface area contributed by atoms with Gasteiger partial charge in [0.2, 0.25) is 0 Å². The Bertz CT molecular complexity index is 384. The van der Waals surface area contributed by atoms with Crippen molar-refractivity contribution in [2.45, 2.75) is 26.4 Å². The van der Waals surface area contributed by atoms with Gasteiger partial charge in [0.1, 0.15) is 5.82 Å². The fraction of sp³-hybridized carbons (Fsp3) is 0.417. The monoisotopic (exact) mass is 207 g/mol. The maximum Gasteiger partial charge on any atom is 0.126 e. The van der Waals surface area contributed by atoms with Gasteiger partial charge in [-0.3, -0.25) is 0 Å². The van der Waals surface area contributed by atoms with E-state index in [0.717, 1.165) is 0 Å². The SMILES string of the molecule is CCC(C#N)C(O)c1ccc(C)c(F)c1. The van der Waals surface area contributed by atoms with Crippen molar-refractivity contribution < 1.29 is 9.50 Å². The highest BCUT2D eigenvalue weighted by atomic mass is 19.1. The van der Waals surface area contributed by atoms with E-state index in [0.29, 0.717) is 17.5 Å². The summed E-state index contributed by atoms with van der Waals surface area (Å²) in [6.45, 7) is 3.48. The van der Waals surface area contributed by atoms with Crippen LogP contribution in [0.1, 0.15) is 30.6 Å². The molecule has 0 aromatic heterocycles. The van der Waals surface area contributed by atoms with Gasteiger partial charge in [-0.1, -0.05) is 19.1 Å². The van der Waals surface area contributed by atoms with Crippen LogP contribution in [0.5, 0.6) is 0 Å². The summed E-state index contributed by atoms with van der Waals surface area (Å²) in [5.74, 6) is -0.827. The predicted octanol–water partition coefficient (Wildman–Crippen LogP) is 2.72. The Labute approximate surface area is 89.0 Å². The number of hydrogen-bond donors (Lipinski definition) is 1. The summed E-state index contributed by atoms with van der Waals surface area (Å²) >= 11 is 0. The molecule has 1 N–H and O–H groups in total. The largest absolute Gasteiger partial charge is 0.387 e. The first-order valence-corrected chi connectivity index (χ1v) is 4.93. The van der Waals surface area contributed by atoms with Gasteiger partial charge in [-0.2, -0.15) is 5.26 Å². The van der Waals surface area contributed by atoms with Gasteiger partial charge < -0.3 is 5.11 Å². The lowest BCUT2D eigenvalue weighted by Gasteiger charge is -2.15. The summed E-state index contributed by atoms with van der Waals surface area (Å²) in [6.07, 6.45) is -0.359. The molecule has 80 valence electrons. The second-order valence-electron chi connectivity index (χ2n) is 3.60. The second kappa shape index (κ2) is 4.90. The molecule has 3 heteroatoms. The minimum Gasteiger partial charge on any atom is -0.387 e. The van der Waals surface area contributed by atoms with Gasteiger partial charge in [0, 0.05) is 0 Å². The molecule has 15 heavy (non-hydrogen) atoms. The maximum atomic E-state index is 13.2. The van der Waals surface area contributed by atoms with E-state index < -0.39 is 12.0 Å². The molecule has 0 spiro atoms. The van der Waals surface area contributed by atoms with E-state index in [2.05, 4.69) is 0 Å². The Kier molecular flexibility index (Phi) is 3.81. The predicted molar refractivity (Wildman–Crippen MR) is 55.5 cm³/mol. The van der Waals surface area contributed by atoms with Crippen LogP contribution in [-0.4, -0.2) is 5.11 Å². The summed E-state index contributed by atoms with van der Waals surface area (Å²) in [6, 6.07) is 6.57. The number of benzene rings is 1. The summed E-state index contributed by atoms with van der Waals surface area (Å²) < 4.78 is 13.2. The van der Waals surface area contributed by atoms with Crippen LogP contribution in [-0.2, 0) is 0 Å². The van der Waals surface area contributed by atoms with Crippen molar-refractivity contribution in [3.8, 4) is 6.07 Å². The van der Waals surface area contributed by atoms with Crippen molar-refractivity contribution >= 4 is 0 Å². The summed E-state index contributed by atoms with van der Waals surface area (Å²) in [4.78, 5) is 0. The second-order valence-corrected chi connectivity index (χ2v) is 3.60. The van der Waals surface area contributed by atoms with Gasteiger partial charge in [-0.05, 0) is 30.5 Å². The van der Waals surface area contributed by atoms with Crippen LogP contribution in [0.15, 0.2) is 18.2 Å². The zero-order valence-electron chi connectivity index (χ0n) is 8.87. The highest BCUT2D eigenvalue weighted by molar-refractivity contribution is 5.26. The molecular formula is C12H14FNO. The molecule has 2 unspecified atom stereocenters. The topological polar surface area (TPSA) is 44.0 Å². The first-order chi connectivity index (χ1) is 7.10. The molecule has 0 amide bonds. The first-order valence-electron chi connectivity index (χ1n) is 4.93. The van der Waals surface area contributed by atoms with E-state index >= 15 is 0 Å². The maximum absolute atomic E-state index is 13.2. The minimum atomic E-state index is -0.907. The van der Waals surface area contributed by atoms with Crippen LogP contribution in [0.3, 0.4) is 0 Å². The van der Waals surface area contributed by atoms with Gasteiger partial charge in [0.05, 0.1) is 18.1 Å². The van der Waals surface area contributed by atoms with Crippen molar-refractivity contribution in [2.75, 3.05) is 0 Å². The zero-order chi connectivity index (χ0) is 11.4. The average Bonchev–Trinajstić information content (AvgIpc) is 2.23. The summed E-state index contributed by atoms with van der Waals surface area (Å²) in [7, 11) is 0. The number of nitrogens with zero attached hydrogens (tertiary/aromatic N) is 1. The molecule has 0 aliphatic rings. The number of aliphatic hydroxyl groups excluding tert-OH is 1. The molecule has 0 saturated carbocycles. The Morgan fingerprint density at radius 2 is 2.20 bits per heavy atom. The molecule has 0 saturated heterocycles. The van der Waals surface area contributed by atoms with Crippen LogP contribution in [0.4, 0.5) is 4.39 Å². The molecule has 1 aromatic rings. The molecule has 0 fully saturated rings. The van der Waals surface area contributed by atoms with Crippen LogP contribution in [0, 0.1) is 30.0 Å². The summed E-state index contributed by atoms with van der Waals surface area (Å²) in [5.41, 5.74) is 1.00. The van der Waals surface area contributed by atoms with Crippen molar-refractivity contribution in [2.24, 2.45) is 5.92 Å². The molecule has 2 nitrogen and oxygen atoms in total. The quantitative estimate of drug-likeness (QED) is 0.828. The molecule has 1 aromatic carbocycles. The number of rotatable bonds is 3. The lowest BCUT2D eigenvalue weighted by atomic mass is 9.94. The Morgan fingerprint density at radius 1 is 1.53 bits per heavy atom. The number of halogens is 1. The Morgan fingerprint density at radius 3 is 2.67 bits per heavy atom. The van der Waals surface area contributed by atoms with Gasteiger partial charge in [-0.25, -0.2) is 4.39 Å². The normalized spacial score (nSPS) is 14.3. The van der Waals surface area contributed by atoms with Crippen LogP contribution in [0.25, 0.3) is 0 Å². The lowest BCUT2D eigenvalue weighted by Crippen LogP contribution is -2.10. The van der Waals surface area contributed by atoms with E-state index in [-0.39, 0.29) is 5.82 Å². The number of nitriles is 1. The van der Waals surface area contributed by atoms with Gasteiger partial charge in [-0.15, -0.1) is 0 Å². The highest BCUT2D eigenvalue weighted by Crippen LogP contribution is 2.25. The summed E-state index contributed by atoms with van der Waals surface area (Å²) in [5, 5.41) is 18.6. The van der Waals surface area contributed by atoms with E-state index in [9.17, 15) is 9.50 Å². The lowest BCUT2D eigenvalue weighted by molar-refractivity contribution is 0.132.